The van der Waals surface area contributed by atoms with E-state index in [1.54, 1.807) is 35.6 Å². The largest absolute Gasteiger partial charge is 0.507 e. The molecule has 5 rings (SSSR count). The molecule has 8 heteroatoms. The number of para-hydroxylation sites is 1. The van der Waals surface area contributed by atoms with Crippen LogP contribution in [0.15, 0.2) is 24.3 Å². The Bertz CT molecular complexity index is 1190. The maximum absolute atomic E-state index is 13.0. The van der Waals surface area contributed by atoms with Crippen molar-refractivity contribution in [3.8, 4) is 5.75 Å². The van der Waals surface area contributed by atoms with Gasteiger partial charge >= 0.3 is 0 Å². The van der Waals surface area contributed by atoms with E-state index in [4.69, 9.17) is 9.97 Å². The van der Waals surface area contributed by atoms with Crippen molar-refractivity contribution < 1.29 is 9.90 Å². The normalized spacial score (nSPS) is 18.1. The van der Waals surface area contributed by atoms with Gasteiger partial charge in [0, 0.05) is 31.1 Å². The molecule has 0 atom stereocenters. The molecule has 0 radical (unpaired) electrons. The van der Waals surface area contributed by atoms with Crippen molar-refractivity contribution in [2.45, 2.75) is 40.2 Å². The number of piperidine rings is 1. The number of anilines is 1. The number of carbonyl (C=O) groups is 1. The lowest BCUT2D eigenvalue weighted by atomic mass is 9.99. The van der Waals surface area contributed by atoms with Crippen LogP contribution in [0.25, 0.3) is 10.2 Å². The second-order valence-electron chi connectivity index (χ2n) is 9.68. The molecule has 2 aliphatic rings. The summed E-state index contributed by atoms with van der Waals surface area (Å²) in [5, 5.41) is 11.2. The van der Waals surface area contributed by atoms with Crippen LogP contribution in [0.5, 0.6) is 5.75 Å². The number of benzene rings is 1. The third kappa shape index (κ3) is 4.49. The van der Waals surface area contributed by atoms with Crippen molar-refractivity contribution >= 4 is 33.3 Å². The number of fused-ring (bicyclic) bond motifs is 1. The molecule has 0 bridgehead atoms. The molecular formula is C26H33N5O2S. The standard InChI is InChI=1S/C26H33N5O2S/c1-17-8-10-29(11-9-17)16-22-27-24(23-18(2)19(3)34-25(23)28-22)30-12-14-31(15-13-30)26(33)20-6-4-5-7-21(20)32/h4-7,17,32H,8-16H2,1-3H3. The van der Waals surface area contributed by atoms with Crippen LogP contribution in [0, 0.1) is 19.8 Å². The Balaban J connectivity index is 1.37. The Hall–Kier alpha value is -2.71. The molecule has 2 aromatic heterocycles. The predicted molar refractivity (Wildman–Crippen MR) is 137 cm³/mol. The lowest BCUT2D eigenvalue weighted by Gasteiger charge is -2.36. The van der Waals surface area contributed by atoms with E-state index in [1.165, 1.54) is 23.3 Å². The number of aryl methyl sites for hydroxylation is 2. The lowest BCUT2D eigenvalue weighted by molar-refractivity contribution is 0.0743. The summed E-state index contributed by atoms with van der Waals surface area (Å²) in [7, 11) is 0. The van der Waals surface area contributed by atoms with E-state index in [0.717, 1.165) is 47.4 Å². The molecule has 1 aromatic carbocycles. The number of hydrogen-bond acceptors (Lipinski definition) is 7. The van der Waals surface area contributed by atoms with Gasteiger partial charge in [0.1, 0.15) is 22.2 Å². The number of likely N-dealkylation sites (tertiary alicyclic amines) is 1. The van der Waals surface area contributed by atoms with Crippen LogP contribution in [0.2, 0.25) is 0 Å². The van der Waals surface area contributed by atoms with Gasteiger partial charge in [-0.3, -0.25) is 9.69 Å². The number of carbonyl (C=O) groups excluding carboxylic acids is 1. The summed E-state index contributed by atoms with van der Waals surface area (Å²) in [6, 6.07) is 6.76. The number of thiophene rings is 1. The third-order valence-electron chi connectivity index (χ3n) is 7.30. The second-order valence-corrected chi connectivity index (χ2v) is 10.9. The van der Waals surface area contributed by atoms with Gasteiger partial charge < -0.3 is 14.9 Å². The molecular weight excluding hydrogens is 446 g/mol. The number of hydrogen-bond donors (Lipinski definition) is 1. The summed E-state index contributed by atoms with van der Waals surface area (Å²) < 4.78 is 0. The van der Waals surface area contributed by atoms with E-state index >= 15 is 0 Å². The zero-order chi connectivity index (χ0) is 23.8. The fraction of sp³-hybridized carbons (Fsp3) is 0.500. The third-order valence-corrected chi connectivity index (χ3v) is 8.40. The van der Waals surface area contributed by atoms with E-state index in [0.29, 0.717) is 31.7 Å². The smallest absolute Gasteiger partial charge is 0.257 e. The fourth-order valence-corrected chi connectivity index (χ4v) is 5.98. The highest BCUT2D eigenvalue weighted by atomic mass is 32.1. The van der Waals surface area contributed by atoms with E-state index in [2.05, 4.69) is 30.6 Å². The van der Waals surface area contributed by atoms with Crippen molar-refractivity contribution in [3.63, 3.8) is 0 Å². The van der Waals surface area contributed by atoms with Gasteiger partial charge in [0.05, 0.1) is 17.5 Å². The number of phenolic OH excluding ortho intramolecular Hbond substituents is 1. The molecule has 4 heterocycles. The minimum Gasteiger partial charge on any atom is -0.507 e. The summed E-state index contributed by atoms with van der Waals surface area (Å²) in [6.45, 7) is 12.3. The van der Waals surface area contributed by atoms with Crippen molar-refractivity contribution in [2.75, 3.05) is 44.2 Å². The van der Waals surface area contributed by atoms with Crippen molar-refractivity contribution in [3.05, 3.63) is 46.1 Å². The number of aromatic nitrogens is 2. The van der Waals surface area contributed by atoms with Crippen LogP contribution in [0.4, 0.5) is 5.82 Å². The Kier molecular flexibility index (Phi) is 6.44. The quantitative estimate of drug-likeness (QED) is 0.604. The first-order chi connectivity index (χ1) is 16.4. The van der Waals surface area contributed by atoms with Crippen molar-refractivity contribution in [1.82, 2.24) is 19.8 Å². The topological polar surface area (TPSA) is 72.8 Å². The molecule has 2 saturated heterocycles. The molecule has 0 saturated carbocycles. The summed E-state index contributed by atoms with van der Waals surface area (Å²) in [6.07, 6.45) is 2.47. The molecule has 180 valence electrons. The molecule has 2 aliphatic heterocycles. The van der Waals surface area contributed by atoms with Gasteiger partial charge in [-0.25, -0.2) is 9.97 Å². The van der Waals surface area contributed by atoms with E-state index in [1.807, 2.05) is 4.90 Å². The highest BCUT2D eigenvalue weighted by Crippen LogP contribution is 2.36. The second kappa shape index (κ2) is 9.50. The Morgan fingerprint density at radius 1 is 1.06 bits per heavy atom. The molecule has 0 spiro atoms. The van der Waals surface area contributed by atoms with Gasteiger partial charge in [-0.1, -0.05) is 19.1 Å². The molecule has 1 N–H and O–H groups in total. The molecule has 3 aromatic rings. The van der Waals surface area contributed by atoms with E-state index < -0.39 is 0 Å². The predicted octanol–water partition coefficient (Wildman–Crippen LogP) is 4.21. The van der Waals surface area contributed by atoms with Gasteiger partial charge in [0.25, 0.3) is 5.91 Å². The molecule has 0 unspecified atom stereocenters. The van der Waals surface area contributed by atoms with Gasteiger partial charge in [0.2, 0.25) is 0 Å². The Morgan fingerprint density at radius 3 is 2.47 bits per heavy atom. The number of phenols is 1. The van der Waals surface area contributed by atoms with E-state index in [9.17, 15) is 9.90 Å². The molecule has 2 fully saturated rings. The van der Waals surface area contributed by atoms with Gasteiger partial charge in [0.15, 0.2) is 0 Å². The number of rotatable bonds is 4. The summed E-state index contributed by atoms with van der Waals surface area (Å²) >= 11 is 1.75. The van der Waals surface area contributed by atoms with Crippen LogP contribution in [0.3, 0.4) is 0 Å². The summed E-state index contributed by atoms with van der Waals surface area (Å²) in [4.78, 5) is 32.0. The van der Waals surface area contributed by atoms with Crippen LogP contribution in [-0.2, 0) is 6.54 Å². The lowest BCUT2D eigenvalue weighted by Crippen LogP contribution is -2.49. The average Bonchev–Trinajstić information content (AvgIpc) is 3.13. The van der Waals surface area contributed by atoms with E-state index in [-0.39, 0.29) is 11.7 Å². The van der Waals surface area contributed by atoms with Crippen molar-refractivity contribution in [1.29, 1.82) is 0 Å². The first-order valence-corrected chi connectivity index (χ1v) is 13.0. The fourth-order valence-electron chi connectivity index (χ4n) is 4.94. The molecule has 1 amide bonds. The highest BCUT2D eigenvalue weighted by Gasteiger charge is 2.27. The first kappa shape index (κ1) is 23.1. The zero-order valence-electron chi connectivity index (χ0n) is 20.3. The Labute approximate surface area is 205 Å². The summed E-state index contributed by atoms with van der Waals surface area (Å²) in [5.41, 5.74) is 1.61. The average molecular weight is 480 g/mol. The molecule has 34 heavy (non-hydrogen) atoms. The molecule has 0 aliphatic carbocycles. The number of aromatic hydroxyl groups is 1. The SMILES string of the molecule is Cc1sc2nc(CN3CCC(C)CC3)nc(N3CCN(C(=O)c4ccccc4O)CC3)c2c1C. The number of piperazine rings is 1. The Morgan fingerprint density at radius 2 is 1.76 bits per heavy atom. The van der Waals surface area contributed by atoms with Gasteiger partial charge in [-0.05, 0) is 63.4 Å². The highest BCUT2D eigenvalue weighted by molar-refractivity contribution is 7.18. The van der Waals surface area contributed by atoms with Crippen molar-refractivity contribution in [2.24, 2.45) is 5.92 Å². The van der Waals surface area contributed by atoms with Crippen LogP contribution < -0.4 is 4.90 Å². The zero-order valence-corrected chi connectivity index (χ0v) is 21.1. The number of nitrogens with zero attached hydrogens (tertiary/aromatic N) is 5. The maximum Gasteiger partial charge on any atom is 0.257 e. The number of amides is 1. The minimum absolute atomic E-state index is 0.0357. The minimum atomic E-state index is -0.117. The monoisotopic (exact) mass is 479 g/mol. The van der Waals surface area contributed by atoms with Crippen LogP contribution in [-0.4, -0.2) is 70.1 Å². The summed E-state index contributed by atoms with van der Waals surface area (Å²) in [5.74, 6) is 2.62. The molecule has 7 nitrogen and oxygen atoms in total. The van der Waals surface area contributed by atoms with Crippen LogP contribution in [0.1, 0.15) is 46.4 Å². The van der Waals surface area contributed by atoms with Gasteiger partial charge in [-0.15, -0.1) is 11.3 Å². The van der Waals surface area contributed by atoms with Gasteiger partial charge in [-0.2, -0.15) is 0 Å². The van der Waals surface area contributed by atoms with Crippen LogP contribution >= 0.6 is 11.3 Å². The first-order valence-electron chi connectivity index (χ1n) is 12.2. The maximum atomic E-state index is 13.0.